The van der Waals surface area contributed by atoms with Gasteiger partial charge in [-0.1, -0.05) is 6.92 Å². The summed E-state index contributed by atoms with van der Waals surface area (Å²) in [6.07, 6.45) is 1.98. The maximum atomic E-state index is 11.2. The first-order valence-electron chi connectivity index (χ1n) is 3.91. The van der Waals surface area contributed by atoms with Crippen LogP contribution < -0.4 is 4.72 Å². The highest BCUT2D eigenvalue weighted by molar-refractivity contribution is 7.87. The number of hydrogen-bond donors (Lipinski definition) is 1. The second kappa shape index (κ2) is 3.51. The Kier molecular flexibility index (Phi) is 2.86. The van der Waals surface area contributed by atoms with Gasteiger partial charge in [-0.3, -0.25) is 0 Å². The van der Waals surface area contributed by atoms with Gasteiger partial charge in [-0.25, -0.2) is 4.72 Å². The van der Waals surface area contributed by atoms with Gasteiger partial charge < -0.3 is 0 Å². The molecule has 4 nitrogen and oxygen atoms in total. The topological polar surface area (TPSA) is 49.4 Å². The third kappa shape index (κ3) is 2.15. The van der Waals surface area contributed by atoms with Crippen LogP contribution in [0.5, 0.6) is 0 Å². The molecular weight excluding hydrogens is 164 g/mol. The Morgan fingerprint density at radius 2 is 1.91 bits per heavy atom. The Bertz CT molecular complexity index is 207. The van der Waals surface area contributed by atoms with E-state index in [1.54, 1.807) is 6.92 Å². The van der Waals surface area contributed by atoms with Crippen LogP contribution in [-0.4, -0.2) is 32.4 Å². The van der Waals surface area contributed by atoms with E-state index in [0.717, 1.165) is 12.8 Å². The molecule has 1 aliphatic rings. The third-order valence-electron chi connectivity index (χ3n) is 1.73. The van der Waals surface area contributed by atoms with Gasteiger partial charge >= 0.3 is 0 Å². The second-order valence-corrected chi connectivity index (χ2v) is 4.36. The smallest absolute Gasteiger partial charge is 0.202 e. The lowest BCUT2D eigenvalue weighted by Crippen LogP contribution is -2.38. The molecule has 0 aliphatic carbocycles. The van der Waals surface area contributed by atoms with Crippen molar-refractivity contribution in [3.05, 3.63) is 0 Å². The summed E-state index contributed by atoms with van der Waals surface area (Å²) >= 11 is 0. The predicted molar refractivity (Wildman–Crippen MR) is 43.4 cm³/mol. The number of nitrogens with zero attached hydrogens (tertiary/aromatic N) is 1. The first-order valence-corrected chi connectivity index (χ1v) is 5.35. The van der Waals surface area contributed by atoms with E-state index in [4.69, 9.17) is 0 Å². The Morgan fingerprint density at radius 3 is 2.36 bits per heavy atom. The fourth-order valence-electron chi connectivity index (χ4n) is 1.20. The van der Waals surface area contributed by atoms with E-state index in [0.29, 0.717) is 19.6 Å². The molecule has 5 heteroatoms. The van der Waals surface area contributed by atoms with Gasteiger partial charge in [-0.15, -0.1) is 0 Å². The molecule has 1 heterocycles. The predicted octanol–water partition coefficient (Wildman–Crippen LogP) is -0.0635. The van der Waals surface area contributed by atoms with Gasteiger partial charge in [0.15, 0.2) is 0 Å². The largest absolute Gasteiger partial charge is 0.279 e. The fourth-order valence-corrected chi connectivity index (χ4v) is 2.49. The standard InChI is InChI=1S/C6H14N2O2S/c1-2-7-11(9,10)8-5-3-4-6-8/h7H,2-6H2,1H3. The van der Waals surface area contributed by atoms with E-state index in [9.17, 15) is 8.42 Å². The van der Waals surface area contributed by atoms with Gasteiger partial charge in [0.1, 0.15) is 0 Å². The lowest BCUT2D eigenvalue weighted by Gasteiger charge is -2.14. The summed E-state index contributed by atoms with van der Waals surface area (Å²) in [6, 6.07) is 0. The molecule has 0 aromatic heterocycles. The summed E-state index contributed by atoms with van der Waals surface area (Å²) < 4.78 is 26.5. The fraction of sp³-hybridized carbons (Fsp3) is 1.00. The molecule has 0 unspecified atom stereocenters. The zero-order chi connectivity index (χ0) is 8.32. The summed E-state index contributed by atoms with van der Waals surface area (Å²) in [5, 5.41) is 0. The lowest BCUT2D eigenvalue weighted by molar-refractivity contribution is 0.466. The monoisotopic (exact) mass is 178 g/mol. The molecule has 0 aromatic carbocycles. The van der Waals surface area contributed by atoms with E-state index in [1.165, 1.54) is 4.31 Å². The van der Waals surface area contributed by atoms with Gasteiger partial charge in [0, 0.05) is 19.6 Å². The molecule has 0 aromatic rings. The molecule has 0 radical (unpaired) electrons. The molecule has 11 heavy (non-hydrogen) atoms. The van der Waals surface area contributed by atoms with Crippen LogP contribution in [0, 0.1) is 0 Å². The Morgan fingerprint density at radius 1 is 1.36 bits per heavy atom. The van der Waals surface area contributed by atoms with Crippen molar-refractivity contribution in [1.82, 2.24) is 9.03 Å². The molecule has 1 aliphatic heterocycles. The van der Waals surface area contributed by atoms with Gasteiger partial charge in [0.05, 0.1) is 0 Å². The normalized spacial score (nSPS) is 20.8. The highest BCUT2D eigenvalue weighted by Gasteiger charge is 2.23. The first-order chi connectivity index (χ1) is 5.17. The van der Waals surface area contributed by atoms with Crippen LogP contribution >= 0.6 is 0 Å². The molecule has 0 bridgehead atoms. The Hall–Kier alpha value is -0.130. The molecule has 1 rings (SSSR count). The van der Waals surface area contributed by atoms with Crippen molar-refractivity contribution in [2.45, 2.75) is 19.8 Å². The van der Waals surface area contributed by atoms with Crippen molar-refractivity contribution in [2.24, 2.45) is 0 Å². The first kappa shape index (κ1) is 8.96. The maximum absolute atomic E-state index is 11.2. The van der Waals surface area contributed by atoms with E-state index < -0.39 is 10.2 Å². The minimum Gasteiger partial charge on any atom is -0.202 e. The van der Waals surface area contributed by atoms with Crippen LogP contribution in [0.3, 0.4) is 0 Å². The molecule has 1 fully saturated rings. The van der Waals surface area contributed by atoms with E-state index in [2.05, 4.69) is 4.72 Å². The van der Waals surface area contributed by atoms with Gasteiger partial charge in [-0.2, -0.15) is 12.7 Å². The van der Waals surface area contributed by atoms with Gasteiger partial charge in [0.25, 0.3) is 10.2 Å². The molecule has 1 N–H and O–H groups in total. The van der Waals surface area contributed by atoms with Crippen LogP contribution in [0.2, 0.25) is 0 Å². The van der Waals surface area contributed by atoms with Crippen LogP contribution in [0.4, 0.5) is 0 Å². The van der Waals surface area contributed by atoms with Gasteiger partial charge in [0.2, 0.25) is 0 Å². The zero-order valence-electron chi connectivity index (χ0n) is 6.71. The molecule has 0 amide bonds. The number of hydrogen-bond acceptors (Lipinski definition) is 2. The van der Waals surface area contributed by atoms with E-state index in [1.807, 2.05) is 0 Å². The van der Waals surface area contributed by atoms with Crippen molar-refractivity contribution >= 4 is 10.2 Å². The molecule has 1 saturated heterocycles. The minimum atomic E-state index is -3.13. The molecular formula is C6H14N2O2S. The number of nitrogens with one attached hydrogen (secondary N) is 1. The second-order valence-electron chi connectivity index (χ2n) is 2.61. The highest BCUT2D eigenvalue weighted by Crippen LogP contribution is 2.10. The average Bonchev–Trinajstić information content (AvgIpc) is 2.37. The summed E-state index contributed by atoms with van der Waals surface area (Å²) in [5.41, 5.74) is 0. The van der Waals surface area contributed by atoms with E-state index >= 15 is 0 Å². The quantitative estimate of drug-likeness (QED) is 0.658. The van der Waals surface area contributed by atoms with Crippen LogP contribution in [0.25, 0.3) is 0 Å². The van der Waals surface area contributed by atoms with Crippen LogP contribution in [0.1, 0.15) is 19.8 Å². The molecule has 66 valence electrons. The van der Waals surface area contributed by atoms with Crippen molar-refractivity contribution in [2.75, 3.05) is 19.6 Å². The molecule has 0 spiro atoms. The van der Waals surface area contributed by atoms with Crippen LogP contribution in [0.15, 0.2) is 0 Å². The highest BCUT2D eigenvalue weighted by atomic mass is 32.2. The Labute approximate surface area is 67.8 Å². The maximum Gasteiger partial charge on any atom is 0.279 e. The summed E-state index contributed by atoms with van der Waals surface area (Å²) in [4.78, 5) is 0. The SMILES string of the molecule is CCNS(=O)(=O)N1CCCC1. The Balaban J connectivity index is 2.56. The van der Waals surface area contributed by atoms with Crippen molar-refractivity contribution in [1.29, 1.82) is 0 Å². The summed E-state index contributed by atoms with van der Waals surface area (Å²) in [7, 11) is -3.13. The third-order valence-corrected chi connectivity index (χ3v) is 3.43. The lowest BCUT2D eigenvalue weighted by atomic mass is 10.4. The van der Waals surface area contributed by atoms with Crippen molar-refractivity contribution < 1.29 is 8.42 Å². The zero-order valence-corrected chi connectivity index (χ0v) is 7.52. The molecule has 0 atom stereocenters. The summed E-state index contributed by atoms with van der Waals surface area (Å²) in [6.45, 7) is 3.61. The van der Waals surface area contributed by atoms with Crippen LogP contribution in [-0.2, 0) is 10.2 Å². The molecule has 0 saturated carbocycles. The van der Waals surface area contributed by atoms with Gasteiger partial charge in [-0.05, 0) is 12.8 Å². The minimum absolute atomic E-state index is 0.471. The van der Waals surface area contributed by atoms with E-state index in [-0.39, 0.29) is 0 Å². The van der Waals surface area contributed by atoms with Crippen molar-refractivity contribution in [3.63, 3.8) is 0 Å². The number of rotatable bonds is 3. The average molecular weight is 178 g/mol. The van der Waals surface area contributed by atoms with Crippen molar-refractivity contribution in [3.8, 4) is 0 Å². The summed E-state index contributed by atoms with van der Waals surface area (Å²) in [5.74, 6) is 0.